The van der Waals surface area contributed by atoms with Crippen LogP contribution in [-0.2, 0) is 6.54 Å². The summed E-state index contributed by atoms with van der Waals surface area (Å²) < 4.78 is 5.10. The maximum Gasteiger partial charge on any atom is 0.163 e. The molecule has 2 aromatic rings. The van der Waals surface area contributed by atoms with E-state index in [2.05, 4.69) is 15.0 Å². The highest BCUT2D eigenvalue weighted by molar-refractivity contribution is 5.56. The first-order valence-electron chi connectivity index (χ1n) is 5.29. The topological polar surface area (TPSA) is 73.9 Å². The van der Waals surface area contributed by atoms with Crippen molar-refractivity contribution in [3.05, 3.63) is 35.9 Å². The molecular formula is C12H14N4O. The zero-order valence-electron chi connectivity index (χ0n) is 9.84. The first kappa shape index (κ1) is 11.5. The fourth-order valence-corrected chi connectivity index (χ4v) is 1.50. The van der Waals surface area contributed by atoms with Gasteiger partial charge in [-0.25, -0.2) is 15.0 Å². The molecule has 88 valence electrons. The highest BCUT2D eigenvalue weighted by Crippen LogP contribution is 2.19. The molecule has 0 bridgehead atoms. The van der Waals surface area contributed by atoms with E-state index < -0.39 is 0 Å². The first-order valence-corrected chi connectivity index (χ1v) is 5.29. The molecule has 1 aromatic heterocycles. The lowest BCUT2D eigenvalue weighted by Crippen LogP contribution is -2.07. The number of nitrogens with two attached hydrogens (primary N) is 1. The fraction of sp³-hybridized carbons (Fsp3) is 0.250. The number of benzene rings is 1. The van der Waals surface area contributed by atoms with Crippen molar-refractivity contribution in [2.75, 3.05) is 7.11 Å². The van der Waals surface area contributed by atoms with E-state index in [1.54, 1.807) is 7.11 Å². The minimum absolute atomic E-state index is 0.312. The zero-order valence-corrected chi connectivity index (χ0v) is 9.84. The minimum atomic E-state index is 0.312. The average molecular weight is 230 g/mol. The molecule has 5 nitrogen and oxygen atoms in total. The van der Waals surface area contributed by atoms with Crippen molar-refractivity contribution in [1.82, 2.24) is 15.0 Å². The highest BCUT2D eigenvalue weighted by atomic mass is 16.5. The number of aromatic nitrogens is 3. The summed E-state index contributed by atoms with van der Waals surface area (Å²) in [6.45, 7) is 2.14. The quantitative estimate of drug-likeness (QED) is 0.860. The zero-order chi connectivity index (χ0) is 12.3. The Morgan fingerprint density at radius 1 is 1.12 bits per heavy atom. The van der Waals surface area contributed by atoms with Crippen LogP contribution in [0.15, 0.2) is 24.3 Å². The average Bonchev–Trinajstić information content (AvgIpc) is 2.38. The summed E-state index contributed by atoms with van der Waals surface area (Å²) in [7, 11) is 1.63. The van der Waals surface area contributed by atoms with Crippen LogP contribution in [0.4, 0.5) is 0 Å². The number of rotatable bonds is 3. The second kappa shape index (κ2) is 4.88. The van der Waals surface area contributed by atoms with Crippen molar-refractivity contribution in [1.29, 1.82) is 0 Å². The lowest BCUT2D eigenvalue weighted by atomic mass is 10.2. The van der Waals surface area contributed by atoms with Crippen LogP contribution in [0.1, 0.15) is 11.6 Å². The summed E-state index contributed by atoms with van der Waals surface area (Å²) in [6.07, 6.45) is 0. The van der Waals surface area contributed by atoms with Crippen molar-refractivity contribution in [2.45, 2.75) is 13.5 Å². The van der Waals surface area contributed by atoms with Gasteiger partial charge in [-0.1, -0.05) is 0 Å². The van der Waals surface area contributed by atoms with E-state index in [-0.39, 0.29) is 0 Å². The van der Waals surface area contributed by atoms with Gasteiger partial charge in [0.1, 0.15) is 17.4 Å². The van der Waals surface area contributed by atoms with Gasteiger partial charge in [0, 0.05) is 5.56 Å². The van der Waals surface area contributed by atoms with Crippen LogP contribution in [-0.4, -0.2) is 22.1 Å². The van der Waals surface area contributed by atoms with Crippen LogP contribution in [0.2, 0.25) is 0 Å². The molecule has 0 unspecified atom stereocenters. The molecule has 0 spiro atoms. The number of methoxy groups -OCH3 is 1. The summed E-state index contributed by atoms with van der Waals surface area (Å²) >= 11 is 0. The molecule has 0 saturated carbocycles. The van der Waals surface area contributed by atoms with Gasteiger partial charge in [-0.05, 0) is 31.2 Å². The van der Waals surface area contributed by atoms with E-state index in [1.165, 1.54) is 0 Å². The molecule has 1 heterocycles. The second-order valence-corrected chi connectivity index (χ2v) is 3.56. The Morgan fingerprint density at radius 3 is 2.41 bits per heavy atom. The van der Waals surface area contributed by atoms with Crippen molar-refractivity contribution >= 4 is 0 Å². The van der Waals surface area contributed by atoms with Gasteiger partial charge in [-0.15, -0.1) is 0 Å². The van der Waals surface area contributed by atoms with Gasteiger partial charge in [0.25, 0.3) is 0 Å². The summed E-state index contributed by atoms with van der Waals surface area (Å²) in [5.41, 5.74) is 6.46. The molecule has 0 saturated heterocycles. The van der Waals surface area contributed by atoms with Gasteiger partial charge in [-0.2, -0.15) is 0 Å². The molecule has 2 N–H and O–H groups in total. The Kier molecular flexibility index (Phi) is 3.30. The van der Waals surface area contributed by atoms with Crippen LogP contribution >= 0.6 is 0 Å². The summed E-state index contributed by atoms with van der Waals surface area (Å²) in [6, 6.07) is 7.56. The highest BCUT2D eigenvalue weighted by Gasteiger charge is 2.05. The molecule has 0 atom stereocenters. The third kappa shape index (κ3) is 2.57. The Labute approximate surface area is 99.7 Å². The van der Waals surface area contributed by atoms with Crippen LogP contribution in [0, 0.1) is 6.92 Å². The van der Waals surface area contributed by atoms with Crippen molar-refractivity contribution in [3.8, 4) is 17.1 Å². The van der Waals surface area contributed by atoms with E-state index in [9.17, 15) is 0 Å². The minimum Gasteiger partial charge on any atom is -0.497 e. The molecule has 0 aliphatic rings. The van der Waals surface area contributed by atoms with Crippen molar-refractivity contribution < 1.29 is 4.74 Å². The maximum atomic E-state index is 5.54. The predicted octanol–water partition coefficient (Wildman–Crippen LogP) is 1.31. The molecule has 1 aromatic carbocycles. The molecule has 0 fully saturated rings. The Hall–Kier alpha value is -2.01. The number of nitrogens with zero attached hydrogens (tertiary/aromatic N) is 3. The SMILES string of the molecule is COc1ccc(-c2nc(C)nc(CN)n2)cc1. The monoisotopic (exact) mass is 230 g/mol. The Bertz CT molecular complexity index is 510. The van der Waals surface area contributed by atoms with Crippen LogP contribution < -0.4 is 10.5 Å². The molecular weight excluding hydrogens is 216 g/mol. The molecule has 0 radical (unpaired) electrons. The number of hydrogen-bond donors (Lipinski definition) is 1. The van der Waals surface area contributed by atoms with E-state index in [0.29, 0.717) is 24.0 Å². The largest absolute Gasteiger partial charge is 0.497 e. The number of hydrogen-bond acceptors (Lipinski definition) is 5. The molecule has 17 heavy (non-hydrogen) atoms. The normalized spacial score (nSPS) is 10.3. The molecule has 2 rings (SSSR count). The van der Waals surface area contributed by atoms with Crippen molar-refractivity contribution in [3.63, 3.8) is 0 Å². The van der Waals surface area contributed by atoms with Gasteiger partial charge in [-0.3, -0.25) is 0 Å². The number of ether oxygens (including phenoxy) is 1. The van der Waals surface area contributed by atoms with Gasteiger partial charge in [0.05, 0.1) is 13.7 Å². The van der Waals surface area contributed by atoms with E-state index in [0.717, 1.165) is 11.3 Å². The number of aryl methyl sites for hydroxylation is 1. The Morgan fingerprint density at radius 2 is 1.82 bits per heavy atom. The van der Waals surface area contributed by atoms with Gasteiger partial charge >= 0.3 is 0 Å². The Balaban J connectivity index is 2.41. The van der Waals surface area contributed by atoms with Crippen LogP contribution in [0.5, 0.6) is 5.75 Å². The third-order valence-corrected chi connectivity index (χ3v) is 2.32. The van der Waals surface area contributed by atoms with Crippen LogP contribution in [0.3, 0.4) is 0 Å². The summed E-state index contributed by atoms with van der Waals surface area (Å²) in [4.78, 5) is 12.7. The molecule has 0 amide bonds. The summed E-state index contributed by atoms with van der Waals surface area (Å²) in [5, 5.41) is 0. The van der Waals surface area contributed by atoms with Gasteiger partial charge in [0.15, 0.2) is 5.82 Å². The maximum absolute atomic E-state index is 5.54. The van der Waals surface area contributed by atoms with Gasteiger partial charge < -0.3 is 10.5 Å². The van der Waals surface area contributed by atoms with E-state index >= 15 is 0 Å². The van der Waals surface area contributed by atoms with E-state index in [1.807, 2.05) is 31.2 Å². The second-order valence-electron chi connectivity index (χ2n) is 3.56. The molecule has 0 aliphatic heterocycles. The fourth-order valence-electron chi connectivity index (χ4n) is 1.50. The molecule has 5 heteroatoms. The van der Waals surface area contributed by atoms with E-state index in [4.69, 9.17) is 10.5 Å². The predicted molar refractivity (Wildman–Crippen MR) is 64.4 cm³/mol. The summed E-state index contributed by atoms with van der Waals surface area (Å²) in [5.74, 6) is 2.72. The third-order valence-electron chi connectivity index (χ3n) is 2.32. The molecule has 0 aliphatic carbocycles. The first-order chi connectivity index (χ1) is 8.22. The lowest BCUT2D eigenvalue weighted by Gasteiger charge is -2.04. The van der Waals surface area contributed by atoms with Gasteiger partial charge in [0.2, 0.25) is 0 Å². The smallest absolute Gasteiger partial charge is 0.163 e. The van der Waals surface area contributed by atoms with Crippen molar-refractivity contribution in [2.24, 2.45) is 5.73 Å². The standard InChI is InChI=1S/C12H14N4O/c1-8-14-11(7-13)16-12(15-8)9-3-5-10(17-2)6-4-9/h3-6H,7,13H2,1-2H3. The lowest BCUT2D eigenvalue weighted by molar-refractivity contribution is 0.415. The van der Waals surface area contributed by atoms with Crippen LogP contribution in [0.25, 0.3) is 11.4 Å².